The van der Waals surface area contributed by atoms with Gasteiger partial charge in [0.2, 0.25) is 0 Å². The van der Waals surface area contributed by atoms with Crippen LogP contribution in [0.3, 0.4) is 0 Å². The molecule has 0 aliphatic rings. The average molecular weight is 214 g/mol. The molecule has 6 heteroatoms. The molecular formula is C9H8F2N2O2. The van der Waals surface area contributed by atoms with E-state index >= 15 is 0 Å². The lowest BCUT2D eigenvalue weighted by molar-refractivity contribution is -0.135. The number of halogens is 2. The van der Waals surface area contributed by atoms with Crippen LogP contribution in [0.25, 0.3) is 0 Å². The third-order valence-corrected chi connectivity index (χ3v) is 1.81. The molecule has 0 unspecified atom stereocenters. The quantitative estimate of drug-likeness (QED) is 0.688. The summed E-state index contributed by atoms with van der Waals surface area (Å²) in [5.74, 6) is -4.29. The molecule has 2 N–H and O–H groups in total. The van der Waals surface area contributed by atoms with Crippen molar-refractivity contribution in [3.63, 3.8) is 0 Å². The number of rotatable bonds is 1. The zero-order valence-corrected chi connectivity index (χ0v) is 7.83. The normalized spacial score (nSPS) is 9.80. The van der Waals surface area contributed by atoms with Crippen molar-refractivity contribution in [2.45, 2.75) is 0 Å². The van der Waals surface area contributed by atoms with Gasteiger partial charge in [-0.3, -0.25) is 9.59 Å². The first kappa shape index (κ1) is 11.1. The Kier molecular flexibility index (Phi) is 2.99. The van der Waals surface area contributed by atoms with Gasteiger partial charge in [-0.05, 0) is 12.1 Å². The Balaban J connectivity index is 3.02. The van der Waals surface area contributed by atoms with Gasteiger partial charge in [0.15, 0.2) is 11.6 Å². The fourth-order valence-corrected chi connectivity index (χ4v) is 0.976. The molecule has 1 rings (SSSR count). The largest absolute Gasteiger partial charge is 0.361 e. The van der Waals surface area contributed by atoms with Gasteiger partial charge in [-0.1, -0.05) is 0 Å². The standard InChI is InChI=1S/C9H8F2N2O2/c1-13(9(15)8(12)14)5-2-3-6(10)7(11)4-5/h2-4H,1H3,(H2,12,14). The average Bonchev–Trinajstić information content (AvgIpc) is 2.19. The molecule has 1 aromatic carbocycles. The van der Waals surface area contributed by atoms with E-state index < -0.39 is 23.4 Å². The Morgan fingerprint density at radius 1 is 1.27 bits per heavy atom. The first-order valence-corrected chi connectivity index (χ1v) is 3.96. The van der Waals surface area contributed by atoms with Crippen molar-refractivity contribution in [3.8, 4) is 0 Å². The number of hydrogen-bond donors (Lipinski definition) is 1. The zero-order chi connectivity index (χ0) is 11.6. The maximum absolute atomic E-state index is 12.8. The van der Waals surface area contributed by atoms with Crippen LogP contribution in [0, 0.1) is 11.6 Å². The molecule has 1 aromatic rings. The number of benzene rings is 1. The van der Waals surface area contributed by atoms with Gasteiger partial charge in [-0.2, -0.15) is 0 Å². The van der Waals surface area contributed by atoms with Crippen molar-refractivity contribution >= 4 is 17.5 Å². The van der Waals surface area contributed by atoms with Crippen molar-refractivity contribution in [2.75, 3.05) is 11.9 Å². The van der Waals surface area contributed by atoms with Gasteiger partial charge in [0, 0.05) is 18.8 Å². The molecule has 0 spiro atoms. The van der Waals surface area contributed by atoms with Crippen LogP contribution in [-0.2, 0) is 9.59 Å². The second kappa shape index (κ2) is 4.04. The highest BCUT2D eigenvalue weighted by atomic mass is 19.2. The molecule has 0 saturated heterocycles. The molecule has 0 bridgehead atoms. The van der Waals surface area contributed by atoms with Gasteiger partial charge in [-0.15, -0.1) is 0 Å². The van der Waals surface area contributed by atoms with E-state index in [1.54, 1.807) is 0 Å². The minimum Gasteiger partial charge on any atom is -0.361 e. The Hall–Kier alpha value is -1.98. The van der Waals surface area contributed by atoms with Crippen LogP contribution in [0.15, 0.2) is 18.2 Å². The van der Waals surface area contributed by atoms with Gasteiger partial charge in [0.25, 0.3) is 0 Å². The van der Waals surface area contributed by atoms with Crippen molar-refractivity contribution in [1.29, 1.82) is 0 Å². The predicted molar refractivity (Wildman–Crippen MR) is 49.0 cm³/mol. The van der Waals surface area contributed by atoms with Crippen molar-refractivity contribution in [3.05, 3.63) is 29.8 Å². The molecule has 0 aromatic heterocycles. The number of primary amides is 1. The summed E-state index contributed by atoms with van der Waals surface area (Å²) in [4.78, 5) is 22.4. The van der Waals surface area contributed by atoms with E-state index in [0.717, 1.165) is 17.0 Å². The van der Waals surface area contributed by atoms with Gasteiger partial charge in [-0.25, -0.2) is 8.78 Å². The van der Waals surface area contributed by atoms with Gasteiger partial charge < -0.3 is 10.6 Å². The van der Waals surface area contributed by atoms with E-state index in [0.29, 0.717) is 0 Å². The predicted octanol–water partition coefficient (Wildman–Crippen LogP) is 0.413. The van der Waals surface area contributed by atoms with Crippen LogP contribution in [0.2, 0.25) is 0 Å². The van der Waals surface area contributed by atoms with E-state index in [2.05, 4.69) is 0 Å². The molecule has 0 atom stereocenters. The Bertz CT molecular complexity index is 421. The van der Waals surface area contributed by atoms with Gasteiger partial charge >= 0.3 is 11.8 Å². The topological polar surface area (TPSA) is 63.4 Å². The fourth-order valence-electron chi connectivity index (χ4n) is 0.976. The van der Waals surface area contributed by atoms with Crippen LogP contribution < -0.4 is 10.6 Å². The molecule has 0 saturated carbocycles. The molecule has 0 radical (unpaired) electrons. The zero-order valence-electron chi connectivity index (χ0n) is 7.83. The SMILES string of the molecule is CN(C(=O)C(N)=O)c1ccc(F)c(F)c1. The van der Waals surface area contributed by atoms with Crippen molar-refractivity contribution in [2.24, 2.45) is 5.73 Å². The van der Waals surface area contributed by atoms with Crippen LogP contribution >= 0.6 is 0 Å². The molecule has 0 aliphatic carbocycles. The second-order valence-corrected chi connectivity index (χ2v) is 2.83. The first-order chi connectivity index (χ1) is 6.93. The summed E-state index contributed by atoms with van der Waals surface area (Å²) in [6.07, 6.45) is 0. The molecule has 0 heterocycles. The minimum absolute atomic E-state index is 0.0534. The number of carbonyl (C=O) groups is 2. The Labute approximate surface area is 84.3 Å². The highest BCUT2D eigenvalue weighted by molar-refractivity contribution is 6.39. The minimum atomic E-state index is -1.16. The highest BCUT2D eigenvalue weighted by Gasteiger charge is 2.17. The molecule has 15 heavy (non-hydrogen) atoms. The summed E-state index contributed by atoms with van der Waals surface area (Å²) in [5.41, 5.74) is 4.80. The maximum Gasteiger partial charge on any atom is 0.315 e. The Morgan fingerprint density at radius 3 is 2.33 bits per heavy atom. The molecule has 0 aliphatic heterocycles. The maximum atomic E-state index is 12.8. The lowest BCUT2D eigenvalue weighted by Gasteiger charge is -2.14. The van der Waals surface area contributed by atoms with Gasteiger partial charge in [0.05, 0.1) is 0 Å². The number of hydrogen-bond acceptors (Lipinski definition) is 2. The summed E-state index contributed by atoms with van der Waals surface area (Å²) >= 11 is 0. The van der Waals surface area contributed by atoms with Crippen LogP contribution in [-0.4, -0.2) is 18.9 Å². The van der Waals surface area contributed by atoms with E-state index in [-0.39, 0.29) is 5.69 Å². The fraction of sp³-hybridized carbons (Fsp3) is 0.111. The van der Waals surface area contributed by atoms with Crippen LogP contribution in [0.1, 0.15) is 0 Å². The van der Waals surface area contributed by atoms with Crippen molar-refractivity contribution < 1.29 is 18.4 Å². The van der Waals surface area contributed by atoms with E-state index in [1.807, 2.05) is 0 Å². The lowest BCUT2D eigenvalue weighted by Crippen LogP contribution is -2.37. The summed E-state index contributed by atoms with van der Waals surface area (Å²) in [6.45, 7) is 0. The smallest absolute Gasteiger partial charge is 0.315 e. The molecule has 2 amide bonds. The number of carbonyl (C=O) groups excluding carboxylic acids is 2. The molecule has 80 valence electrons. The summed E-state index contributed by atoms with van der Waals surface area (Å²) in [5, 5.41) is 0. The molecular weight excluding hydrogens is 206 g/mol. The van der Waals surface area contributed by atoms with E-state index in [9.17, 15) is 18.4 Å². The van der Waals surface area contributed by atoms with Crippen LogP contribution in [0.5, 0.6) is 0 Å². The van der Waals surface area contributed by atoms with E-state index in [4.69, 9.17) is 5.73 Å². The first-order valence-electron chi connectivity index (χ1n) is 3.96. The lowest BCUT2D eigenvalue weighted by atomic mass is 10.2. The molecule has 4 nitrogen and oxygen atoms in total. The highest BCUT2D eigenvalue weighted by Crippen LogP contribution is 2.16. The second-order valence-electron chi connectivity index (χ2n) is 2.83. The van der Waals surface area contributed by atoms with Crippen molar-refractivity contribution in [1.82, 2.24) is 0 Å². The third-order valence-electron chi connectivity index (χ3n) is 1.81. The van der Waals surface area contributed by atoms with Gasteiger partial charge in [0.1, 0.15) is 0 Å². The number of anilines is 1. The number of likely N-dealkylation sites (N-methyl/N-ethyl adjacent to an activating group) is 1. The van der Waals surface area contributed by atoms with Crippen LogP contribution in [0.4, 0.5) is 14.5 Å². The summed E-state index contributed by atoms with van der Waals surface area (Å²) in [6, 6.07) is 2.82. The number of nitrogens with two attached hydrogens (primary N) is 1. The number of amides is 2. The summed E-state index contributed by atoms with van der Waals surface area (Å²) in [7, 11) is 1.24. The third kappa shape index (κ3) is 2.28. The number of nitrogens with zero attached hydrogens (tertiary/aromatic N) is 1. The summed E-state index contributed by atoms with van der Waals surface area (Å²) < 4.78 is 25.3. The Morgan fingerprint density at radius 2 is 1.87 bits per heavy atom. The molecule has 0 fully saturated rings. The van der Waals surface area contributed by atoms with E-state index in [1.165, 1.54) is 13.1 Å². The monoisotopic (exact) mass is 214 g/mol.